The molecule has 3 aromatic rings. The smallest absolute Gasteiger partial charge is 0.288 e. The van der Waals surface area contributed by atoms with Crippen LogP contribution in [0.3, 0.4) is 0 Å². The van der Waals surface area contributed by atoms with Crippen molar-refractivity contribution in [2.24, 2.45) is 0 Å². The molecule has 0 aliphatic carbocycles. The first-order valence-corrected chi connectivity index (χ1v) is 10.1. The summed E-state index contributed by atoms with van der Waals surface area (Å²) in [6, 6.07) is 12.2. The van der Waals surface area contributed by atoms with E-state index >= 15 is 0 Å². The van der Waals surface area contributed by atoms with Gasteiger partial charge in [-0.15, -0.1) is 5.10 Å². The van der Waals surface area contributed by atoms with Crippen LogP contribution < -0.4 is 9.47 Å². The summed E-state index contributed by atoms with van der Waals surface area (Å²) in [6.45, 7) is 2.11. The normalized spacial score (nSPS) is 28.1. The number of aromatic nitrogens is 3. The molecule has 0 spiro atoms. The summed E-state index contributed by atoms with van der Waals surface area (Å²) >= 11 is 0. The molecule has 172 valence electrons. The molecule has 2 heterocycles. The van der Waals surface area contributed by atoms with Crippen molar-refractivity contribution in [3.8, 4) is 11.5 Å². The Balaban J connectivity index is 1.64. The Morgan fingerprint density at radius 2 is 1.88 bits per heavy atom. The molecular formula is C21H25N3O8. The average Bonchev–Trinajstić information content (AvgIpc) is 3.20. The van der Waals surface area contributed by atoms with E-state index in [1.165, 1.54) is 6.07 Å². The maximum absolute atomic E-state index is 10.9. The first kappa shape index (κ1) is 22.4. The maximum atomic E-state index is 10.9. The third-order valence-corrected chi connectivity index (χ3v) is 5.30. The van der Waals surface area contributed by atoms with E-state index in [0.717, 1.165) is 11.3 Å². The molecule has 11 heteroatoms. The zero-order valence-electron chi connectivity index (χ0n) is 17.3. The molecule has 0 amide bonds. The SMILES string of the molecule is CCOc1ccc(Cn2nnc3cccc(O[C@@]4(O)[C@H](O)O[C@@H](CO)[C@H](O)[C@H]4O)c32)cc1. The van der Waals surface area contributed by atoms with Gasteiger partial charge in [0.25, 0.3) is 5.79 Å². The Morgan fingerprint density at radius 1 is 1.12 bits per heavy atom. The van der Waals surface area contributed by atoms with Crippen LogP contribution >= 0.6 is 0 Å². The molecule has 5 N–H and O–H groups in total. The van der Waals surface area contributed by atoms with Gasteiger partial charge in [-0.1, -0.05) is 23.4 Å². The summed E-state index contributed by atoms with van der Waals surface area (Å²) < 4.78 is 17.6. The second kappa shape index (κ2) is 8.98. The van der Waals surface area contributed by atoms with Crippen LogP contribution in [0.15, 0.2) is 42.5 Å². The summed E-state index contributed by atoms with van der Waals surface area (Å²) in [5.41, 5.74) is 1.75. The van der Waals surface area contributed by atoms with Gasteiger partial charge in [-0.05, 0) is 36.8 Å². The third-order valence-electron chi connectivity index (χ3n) is 5.30. The van der Waals surface area contributed by atoms with Crippen molar-refractivity contribution in [1.82, 2.24) is 15.0 Å². The number of ether oxygens (including phenoxy) is 3. The van der Waals surface area contributed by atoms with Gasteiger partial charge in [-0.2, -0.15) is 0 Å². The molecule has 0 unspecified atom stereocenters. The fraction of sp³-hybridized carbons (Fsp3) is 0.429. The highest BCUT2D eigenvalue weighted by Gasteiger charge is 2.57. The molecule has 1 aliphatic rings. The zero-order chi connectivity index (χ0) is 22.9. The standard InChI is InChI=1S/C21H25N3O8/c1-2-30-13-8-6-12(7-9-13)10-24-17-14(22-23-24)4-3-5-15(17)32-21(29)19(27)18(26)16(11-25)31-20(21)28/h3-9,16,18-20,25-29H,2,10-11H2,1H3/t16-,18-,19+,20+,21+/m0/s1. The summed E-state index contributed by atoms with van der Waals surface area (Å²) in [7, 11) is 0. The number of aliphatic hydroxyl groups excluding tert-OH is 4. The number of para-hydroxylation sites is 1. The van der Waals surface area contributed by atoms with E-state index in [0.29, 0.717) is 24.2 Å². The number of hydrogen-bond donors (Lipinski definition) is 5. The number of aliphatic hydroxyl groups is 5. The van der Waals surface area contributed by atoms with E-state index in [1.807, 2.05) is 31.2 Å². The summed E-state index contributed by atoms with van der Waals surface area (Å²) in [6.07, 6.45) is -6.98. The van der Waals surface area contributed by atoms with Gasteiger partial charge >= 0.3 is 0 Å². The highest BCUT2D eigenvalue weighted by atomic mass is 16.7. The molecule has 5 atom stereocenters. The van der Waals surface area contributed by atoms with Gasteiger partial charge in [0.2, 0.25) is 6.29 Å². The number of rotatable bonds is 7. The van der Waals surface area contributed by atoms with E-state index in [-0.39, 0.29) is 5.75 Å². The molecule has 0 radical (unpaired) electrons. The van der Waals surface area contributed by atoms with Gasteiger partial charge in [-0.3, -0.25) is 0 Å². The van der Waals surface area contributed by atoms with Crippen LogP contribution in [0, 0.1) is 0 Å². The highest BCUT2D eigenvalue weighted by molar-refractivity contribution is 5.81. The molecule has 2 aromatic carbocycles. The van der Waals surface area contributed by atoms with Crippen molar-refractivity contribution < 1.29 is 39.7 Å². The molecule has 4 rings (SSSR count). The second-order valence-corrected chi connectivity index (χ2v) is 7.45. The van der Waals surface area contributed by atoms with Gasteiger partial charge < -0.3 is 39.7 Å². The molecule has 0 saturated carbocycles. The first-order valence-electron chi connectivity index (χ1n) is 10.1. The number of hydrogen-bond acceptors (Lipinski definition) is 10. The molecule has 1 saturated heterocycles. The Kier molecular flexibility index (Phi) is 6.29. The second-order valence-electron chi connectivity index (χ2n) is 7.45. The maximum Gasteiger partial charge on any atom is 0.288 e. The number of benzene rings is 2. The molecule has 1 fully saturated rings. The van der Waals surface area contributed by atoms with Crippen LogP contribution in [0.1, 0.15) is 12.5 Å². The number of fused-ring (bicyclic) bond motifs is 1. The van der Waals surface area contributed by atoms with Crippen molar-refractivity contribution in [3.05, 3.63) is 48.0 Å². The minimum Gasteiger partial charge on any atom is -0.494 e. The summed E-state index contributed by atoms with van der Waals surface area (Å²) in [5.74, 6) is -1.91. The van der Waals surface area contributed by atoms with Gasteiger partial charge in [-0.25, -0.2) is 4.68 Å². The Hall–Kier alpha value is -2.80. The van der Waals surface area contributed by atoms with Gasteiger partial charge in [0.1, 0.15) is 29.0 Å². The first-order chi connectivity index (χ1) is 15.4. The van der Waals surface area contributed by atoms with Crippen LogP contribution in [0.2, 0.25) is 0 Å². The van der Waals surface area contributed by atoms with Gasteiger partial charge in [0.05, 0.1) is 19.8 Å². The summed E-state index contributed by atoms with van der Waals surface area (Å²) in [5, 5.41) is 59.1. The monoisotopic (exact) mass is 447 g/mol. The fourth-order valence-electron chi connectivity index (χ4n) is 3.60. The lowest BCUT2D eigenvalue weighted by Crippen LogP contribution is -2.69. The molecule has 1 aliphatic heterocycles. The lowest BCUT2D eigenvalue weighted by atomic mass is 9.96. The van der Waals surface area contributed by atoms with Crippen molar-refractivity contribution >= 4 is 11.0 Å². The predicted molar refractivity (Wildman–Crippen MR) is 110 cm³/mol. The molecule has 1 aromatic heterocycles. The minimum absolute atomic E-state index is 0.0530. The average molecular weight is 447 g/mol. The van der Waals surface area contributed by atoms with Crippen LogP contribution in [0.25, 0.3) is 11.0 Å². The lowest BCUT2D eigenvalue weighted by Gasteiger charge is -2.45. The van der Waals surface area contributed by atoms with E-state index in [9.17, 15) is 25.5 Å². The van der Waals surface area contributed by atoms with Crippen LogP contribution in [0.4, 0.5) is 0 Å². The van der Waals surface area contributed by atoms with Gasteiger partial charge in [0, 0.05) is 0 Å². The van der Waals surface area contributed by atoms with Crippen LogP contribution in [0.5, 0.6) is 11.5 Å². The minimum atomic E-state index is -2.70. The Labute approximate surface area is 183 Å². The fourth-order valence-corrected chi connectivity index (χ4v) is 3.60. The van der Waals surface area contributed by atoms with Crippen molar-refractivity contribution in [1.29, 1.82) is 0 Å². The lowest BCUT2D eigenvalue weighted by molar-refractivity contribution is -0.385. The topological polar surface area (TPSA) is 160 Å². The molecule has 0 bridgehead atoms. The number of nitrogens with zero attached hydrogens (tertiary/aromatic N) is 3. The largest absolute Gasteiger partial charge is 0.494 e. The van der Waals surface area contributed by atoms with Crippen molar-refractivity contribution in [2.75, 3.05) is 13.2 Å². The van der Waals surface area contributed by atoms with E-state index in [4.69, 9.17) is 14.2 Å². The zero-order valence-corrected chi connectivity index (χ0v) is 17.3. The van der Waals surface area contributed by atoms with Gasteiger partial charge in [0.15, 0.2) is 11.9 Å². The van der Waals surface area contributed by atoms with Crippen molar-refractivity contribution in [2.45, 2.75) is 43.9 Å². The van der Waals surface area contributed by atoms with E-state index in [1.54, 1.807) is 16.8 Å². The Bertz CT molecular complexity index is 1060. The third kappa shape index (κ3) is 4.01. The molecule has 11 nitrogen and oxygen atoms in total. The quantitative estimate of drug-likeness (QED) is 0.295. The van der Waals surface area contributed by atoms with E-state index < -0.39 is 37.0 Å². The highest BCUT2D eigenvalue weighted by Crippen LogP contribution is 2.34. The van der Waals surface area contributed by atoms with Crippen LogP contribution in [-0.4, -0.2) is 84.1 Å². The Morgan fingerprint density at radius 3 is 2.56 bits per heavy atom. The van der Waals surface area contributed by atoms with Crippen molar-refractivity contribution in [3.63, 3.8) is 0 Å². The molecular weight excluding hydrogens is 422 g/mol. The molecule has 32 heavy (non-hydrogen) atoms. The van der Waals surface area contributed by atoms with E-state index in [2.05, 4.69) is 10.3 Å². The summed E-state index contributed by atoms with van der Waals surface area (Å²) in [4.78, 5) is 0. The predicted octanol–water partition coefficient (Wildman–Crippen LogP) is -0.623. The van der Waals surface area contributed by atoms with Crippen LogP contribution in [-0.2, 0) is 11.3 Å².